The lowest BCUT2D eigenvalue weighted by Crippen LogP contribution is -2.07. The van der Waals surface area contributed by atoms with E-state index in [4.69, 9.17) is 15.0 Å². The fourth-order valence-electron chi connectivity index (χ4n) is 8.63. The lowest BCUT2D eigenvalue weighted by molar-refractivity contribution is 1.06. The van der Waals surface area contributed by atoms with Crippen molar-refractivity contribution in [3.8, 4) is 51.6 Å². The van der Waals surface area contributed by atoms with Gasteiger partial charge in [-0.1, -0.05) is 152 Å². The minimum absolute atomic E-state index is 0.479. The molecule has 0 bridgehead atoms. The number of nitriles is 1. The third-order valence-corrected chi connectivity index (χ3v) is 11.2. The van der Waals surface area contributed by atoms with Crippen molar-refractivity contribution in [2.75, 3.05) is 0 Å². The summed E-state index contributed by atoms with van der Waals surface area (Å²) in [5.41, 5.74) is 11.2. The zero-order chi connectivity index (χ0) is 39.3. The van der Waals surface area contributed by atoms with Crippen molar-refractivity contribution in [2.45, 2.75) is 6.42 Å². The molecule has 0 radical (unpaired) electrons. The average molecular weight is 755 g/mol. The highest BCUT2D eigenvalue weighted by atomic mass is 15.1. The van der Waals surface area contributed by atoms with Gasteiger partial charge in [-0.2, -0.15) is 5.26 Å². The van der Waals surface area contributed by atoms with Crippen LogP contribution in [0.2, 0.25) is 0 Å². The fourth-order valence-corrected chi connectivity index (χ4v) is 8.63. The Labute approximate surface area is 340 Å². The quantitative estimate of drug-likeness (QED) is 0.169. The Balaban J connectivity index is 1.34. The number of para-hydroxylation sites is 3. The SMILES string of the molecule is N#Cc1cc(C2=CCC=CC=C2)c(-n2c3ccccc3c3ccc4c(c5ccccc5n4-c4ccccc4)c32)c(-c2nc(-c3ccccc3)nc(-c3ccccc3)n2)c1. The molecule has 6 nitrogen and oxygen atoms in total. The van der Waals surface area contributed by atoms with Gasteiger partial charge >= 0.3 is 0 Å². The van der Waals surface area contributed by atoms with Crippen molar-refractivity contribution in [3.05, 3.63) is 205 Å². The van der Waals surface area contributed by atoms with E-state index in [1.165, 1.54) is 0 Å². The van der Waals surface area contributed by atoms with E-state index in [9.17, 15) is 5.26 Å². The molecule has 3 heterocycles. The highest BCUT2D eigenvalue weighted by Gasteiger charge is 2.27. The summed E-state index contributed by atoms with van der Waals surface area (Å²) in [4.78, 5) is 15.6. The van der Waals surface area contributed by atoms with Crippen LogP contribution in [0.1, 0.15) is 17.5 Å². The zero-order valence-corrected chi connectivity index (χ0v) is 31.9. The number of rotatable bonds is 6. The van der Waals surface area contributed by atoms with Crippen molar-refractivity contribution < 1.29 is 0 Å². The van der Waals surface area contributed by atoms with Crippen LogP contribution in [-0.2, 0) is 0 Å². The second-order valence-electron chi connectivity index (χ2n) is 14.6. The van der Waals surface area contributed by atoms with Crippen LogP contribution in [0.25, 0.3) is 94.7 Å². The van der Waals surface area contributed by atoms with Crippen LogP contribution in [0.4, 0.5) is 0 Å². The summed E-state index contributed by atoms with van der Waals surface area (Å²) in [6.07, 6.45) is 11.4. The van der Waals surface area contributed by atoms with E-state index < -0.39 is 0 Å². The predicted octanol–water partition coefficient (Wildman–Crippen LogP) is 12.8. The van der Waals surface area contributed by atoms with E-state index in [2.05, 4.69) is 137 Å². The molecule has 10 aromatic rings. The topological polar surface area (TPSA) is 72.3 Å². The Morgan fingerprint density at radius 2 is 1.10 bits per heavy atom. The third kappa shape index (κ3) is 5.68. The first-order valence-electron chi connectivity index (χ1n) is 19.8. The monoisotopic (exact) mass is 754 g/mol. The second-order valence-corrected chi connectivity index (χ2v) is 14.6. The van der Waals surface area contributed by atoms with Gasteiger partial charge in [0.15, 0.2) is 17.5 Å². The Hall–Kier alpha value is -8.14. The van der Waals surface area contributed by atoms with Crippen LogP contribution < -0.4 is 0 Å². The van der Waals surface area contributed by atoms with Crippen LogP contribution in [0, 0.1) is 11.3 Å². The largest absolute Gasteiger partial charge is 0.309 e. The standard InChI is InChI=1S/C53H34N6/c54-34-35-32-43(36-18-6-1-2-7-19-36)49(44(33-35)53-56-51(37-20-8-3-9-21-37)55-52(57-53)38-22-10-4-11-23-38)59-45-28-16-14-26-40(45)41-30-31-47-48(50(41)59)42-27-15-17-29-46(42)58(47)39-24-12-5-13-25-39/h1-6,8-33H,7H2. The lowest BCUT2D eigenvalue weighted by atomic mass is 9.95. The highest BCUT2D eigenvalue weighted by molar-refractivity contribution is 6.26. The molecule has 0 N–H and O–H groups in total. The molecule has 0 atom stereocenters. The van der Waals surface area contributed by atoms with E-state index in [0.29, 0.717) is 23.0 Å². The van der Waals surface area contributed by atoms with Gasteiger partial charge in [-0.3, -0.25) is 0 Å². The summed E-state index contributed by atoms with van der Waals surface area (Å²) < 4.78 is 4.76. The van der Waals surface area contributed by atoms with Gasteiger partial charge < -0.3 is 9.13 Å². The Kier molecular flexibility index (Phi) is 8.16. The average Bonchev–Trinajstić information content (AvgIpc) is 3.67. The molecule has 0 aliphatic heterocycles. The molecule has 0 unspecified atom stereocenters. The first-order chi connectivity index (χ1) is 29.2. The van der Waals surface area contributed by atoms with E-state index in [0.717, 1.165) is 89.2 Å². The fraction of sp³-hybridized carbons (Fsp3) is 0.0189. The molecular weight excluding hydrogens is 721 g/mol. The molecule has 7 aromatic carbocycles. The van der Waals surface area contributed by atoms with E-state index >= 15 is 0 Å². The van der Waals surface area contributed by atoms with Gasteiger partial charge in [0.25, 0.3) is 0 Å². The maximum atomic E-state index is 10.7. The Morgan fingerprint density at radius 3 is 1.80 bits per heavy atom. The van der Waals surface area contributed by atoms with E-state index in [1.54, 1.807) is 0 Å². The summed E-state index contributed by atoms with van der Waals surface area (Å²) in [6.45, 7) is 0. The predicted molar refractivity (Wildman–Crippen MR) is 240 cm³/mol. The number of fused-ring (bicyclic) bond motifs is 7. The van der Waals surface area contributed by atoms with Gasteiger partial charge in [0.05, 0.1) is 39.4 Å². The first-order valence-corrected chi connectivity index (χ1v) is 19.8. The zero-order valence-electron chi connectivity index (χ0n) is 31.9. The summed E-state index contributed by atoms with van der Waals surface area (Å²) >= 11 is 0. The number of benzene rings is 7. The molecular formula is C53H34N6. The number of hydrogen-bond donors (Lipinski definition) is 0. The van der Waals surface area contributed by atoms with Gasteiger partial charge in [-0.05, 0) is 54.5 Å². The maximum Gasteiger partial charge on any atom is 0.166 e. The van der Waals surface area contributed by atoms with Crippen LogP contribution in [0.15, 0.2) is 194 Å². The minimum atomic E-state index is 0.479. The van der Waals surface area contributed by atoms with Crippen LogP contribution in [0.3, 0.4) is 0 Å². The van der Waals surface area contributed by atoms with Gasteiger partial charge in [-0.15, -0.1) is 0 Å². The lowest BCUT2D eigenvalue weighted by Gasteiger charge is -2.20. The molecule has 1 aliphatic rings. The third-order valence-electron chi connectivity index (χ3n) is 11.2. The molecule has 6 heteroatoms. The molecule has 59 heavy (non-hydrogen) atoms. The van der Waals surface area contributed by atoms with Crippen LogP contribution >= 0.6 is 0 Å². The first kappa shape index (κ1) is 34.1. The molecule has 0 spiro atoms. The number of nitrogens with zero attached hydrogens (tertiary/aromatic N) is 6. The number of hydrogen-bond acceptors (Lipinski definition) is 4. The molecule has 11 rings (SSSR count). The number of allylic oxidation sites excluding steroid dienone is 6. The molecule has 3 aromatic heterocycles. The summed E-state index contributed by atoms with van der Waals surface area (Å²) in [7, 11) is 0. The molecule has 0 amide bonds. The summed E-state index contributed by atoms with van der Waals surface area (Å²) in [5, 5.41) is 15.3. The summed E-state index contributed by atoms with van der Waals surface area (Å²) in [6, 6.07) is 58.9. The van der Waals surface area contributed by atoms with Crippen molar-refractivity contribution in [3.63, 3.8) is 0 Å². The van der Waals surface area contributed by atoms with Crippen LogP contribution in [0.5, 0.6) is 0 Å². The van der Waals surface area contributed by atoms with E-state index in [1.807, 2.05) is 72.8 Å². The van der Waals surface area contributed by atoms with Crippen molar-refractivity contribution in [1.29, 1.82) is 5.26 Å². The maximum absolute atomic E-state index is 10.7. The molecule has 0 saturated heterocycles. The van der Waals surface area contributed by atoms with Crippen molar-refractivity contribution in [1.82, 2.24) is 24.1 Å². The molecule has 0 fully saturated rings. The molecule has 1 aliphatic carbocycles. The highest BCUT2D eigenvalue weighted by Crippen LogP contribution is 2.45. The number of aromatic nitrogens is 5. The van der Waals surface area contributed by atoms with Crippen molar-refractivity contribution >= 4 is 49.2 Å². The second kappa shape index (κ2) is 14.1. The Bertz CT molecular complexity index is 3340. The van der Waals surface area contributed by atoms with Crippen LogP contribution in [-0.4, -0.2) is 24.1 Å². The van der Waals surface area contributed by atoms with Gasteiger partial charge in [0.2, 0.25) is 0 Å². The minimum Gasteiger partial charge on any atom is -0.309 e. The summed E-state index contributed by atoms with van der Waals surface area (Å²) in [5.74, 6) is 1.59. The molecule has 276 valence electrons. The Morgan fingerprint density at radius 1 is 0.508 bits per heavy atom. The normalized spacial score (nSPS) is 12.6. The van der Waals surface area contributed by atoms with Gasteiger partial charge in [-0.25, -0.2) is 15.0 Å². The van der Waals surface area contributed by atoms with Gasteiger partial charge in [0, 0.05) is 49.5 Å². The van der Waals surface area contributed by atoms with Crippen molar-refractivity contribution in [2.24, 2.45) is 0 Å². The molecule has 0 saturated carbocycles. The van der Waals surface area contributed by atoms with Gasteiger partial charge in [0.1, 0.15) is 0 Å². The van der Waals surface area contributed by atoms with E-state index in [-0.39, 0.29) is 0 Å². The smallest absolute Gasteiger partial charge is 0.166 e.